The molecule has 1 saturated carbocycles. The van der Waals surface area contributed by atoms with Gasteiger partial charge in [0.1, 0.15) is 35.4 Å². The molecule has 2 aromatic heterocycles. The average molecular weight is 412 g/mol. The minimum absolute atomic E-state index is 0.0648. The Bertz CT molecular complexity index is 1200. The van der Waals surface area contributed by atoms with Gasteiger partial charge < -0.3 is 16.2 Å². The van der Waals surface area contributed by atoms with Gasteiger partial charge in [0.2, 0.25) is 0 Å². The third kappa shape index (κ3) is 3.26. The van der Waals surface area contributed by atoms with E-state index < -0.39 is 12.1 Å². The average Bonchev–Trinajstić information content (AvgIpc) is 2.66. The molecule has 0 aliphatic heterocycles. The molecule has 1 aliphatic carbocycles. The fraction of sp³-hybridized carbons (Fsp3) is 0.316. The van der Waals surface area contributed by atoms with Gasteiger partial charge in [0.25, 0.3) is 5.56 Å². The molecule has 0 bridgehead atoms. The van der Waals surface area contributed by atoms with Crippen LogP contribution in [0, 0.1) is 11.3 Å². The molecular weight excluding hydrogens is 394 g/mol. The maximum atomic E-state index is 13.3. The van der Waals surface area contributed by atoms with Gasteiger partial charge in [-0.15, -0.1) is 0 Å². The molecular formula is C19H18ClN7O2. The monoisotopic (exact) mass is 411 g/mol. The first-order chi connectivity index (χ1) is 13.9. The Hall–Kier alpha value is -3.22. The third-order valence-electron chi connectivity index (χ3n) is 5.09. The number of nitriles is 1. The zero-order chi connectivity index (χ0) is 20.7. The summed E-state index contributed by atoms with van der Waals surface area (Å²) >= 11 is 6.26. The predicted octanol–water partition coefficient (Wildman–Crippen LogP) is 2.16. The van der Waals surface area contributed by atoms with Gasteiger partial charge in [-0.1, -0.05) is 17.7 Å². The van der Waals surface area contributed by atoms with Crippen molar-refractivity contribution < 1.29 is 5.11 Å². The number of rotatable bonds is 4. The fourth-order valence-electron chi connectivity index (χ4n) is 3.54. The van der Waals surface area contributed by atoms with E-state index in [1.165, 1.54) is 6.33 Å². The van der Waals surface area contributed by atoms with Crippen molar-refractivity contribution in [3.63, 3.8) is 0 Å². The van der Waals surface area contributed by atoms with E-state index in [9.17, 15) is 15.2 Å². The van der Waals surface area contributed by atoms with Crippen molar-refractivity contribution in [1.82, 2.24) is 19.5 Å². The number of benzene rings is 1. The van der Waals surface area contributed by atoms with E-state index in [1.54, 1.807) is 22.8 Å². The lowest BCUT2D eigenvalue weighted by Crippen LogP contribution is -2.40. The van der Waals surface area contributed by atoms with Gasteiger partial charge in [0.15, 0.2) is 0 Å². The molecule has 0 amide bonds. The van der Waals surface area contributed by atoms with Crippen LogP contribution in [0.25, 0.3) is 10.9 Å². The Morgan fingerprint density at radius 1 is 1.41 bits per heavy atom. The van der Waals surface area contributed by atoms with Gasteiger partial charge in [-0.25, -0.2) is 15.0 Å². The molecule has 1 fully saturated rings. The van der Waals surface area contributed by atoms with Gasteiger partial charge >= 0.3 is 0 Å². The van der Waals surface area contributed by atoms with Crippen LogP contribution in [0.1, 0.15) is 43.2 Å². The number of anilines is 2. The lowest BCUT2D eigenvalue weighted by Gasteiger charge is -2.35. The topological polar surface area (TPSA) is 143 Å². The Balaban J connectivity index is 1.84. The second kappa shape index (κ2) is 7.31. The van der Waals surface area contributed by atoms with E-state index >= 15 is 0 Å². The normalized spacial score (nSPS) is 19.4. The van der Waals surface area contributed by atoms with Crippen molar-refractivity contribution in [2.75, 3.05) is 11.1 Å². The van der Waals surface area contributed by atoms with Crippen molar-refractivity contribution in [1.29, 1.82) is 5.26 Å². The van der Waals surface area contributed by atoms with Crippen LogP contribution in [-0.2, 0) is 0 Å². The lowest BCUT2D eigenvalue weighted by molar-refractivity contribution is 0.0454. The van der Waals surface area contributed by atoms with Gasteiger partial charge in [0, 0.05) is 6.04 Å². The summed E-state index contributed by atoms with van der Waals surface area (Å²) in [6, 6.07) is 6.42. The molecule has 4 rings (SSSR count). The largest absolute Gasteiger partial charge is 0.393 e. The highest BCUT2D eigenvalue weighted by atomic mass is 35.5. The number of aromatic nitrogens is 4. The number of aliphatic hydroxyl groups excluding tert-OH is 1. The number of hydrogen-bond acceptors (Lipinski definition) is 8. The molecule has 1 aromatic carbocycles. The van der Waals surface area contributed by atoms with Crippen LogP contribution in [0.5, 0.6) is 0 Å². The highest BCUT2D eigenvalue weighted by Crippen LogP contribution is 2.34. The molecule has 10 heteroatoms. The van der Waals surface area contributed by atoms with Crippen LogP contribution in [0.15, 0.2) is 29.3 Å². The molecule has 0 unspecified atom stereocenters. The summed E-state index contributed by atoms with van der Waals surface area (Å²) in [7, 11) is 0. The molecule has 2 heterocycles. The van der Waals surface area contributed by atoms with Crippen LogP contribution in [0.4, 0.5) is 11.6 Å². The minimum atomic E-state index is -0.481. The van der Waals surface area contributed by atoms with E-state index in [0.717, 1.165) is 0 Å². The Morgan fingerprint density at radius 3 is 2.86 bits per heavy atom. The molecule has 9 nitrogen and oxygen atoms in total. The molecule has 0 saturated heterocycles. The van der Waals surface area contributed by atoms with E-state index in [2.05, 4.69) is 20.3 Å². The van der Waals surface area contributed by atoms with Crippen LogP contribution in [0.3, 0.4) is 0 Å². The summed E-state index contributed by atoms with van der Waals surface area (Å²) in [5, 5.41) is 22.9. The summed E-state index contributed by atoms with van der Waals surface area (Å²) in [4.78, 5) is 25.9. The summed E-state index contributed by atoms with van der Waals surface area (Å²) < 4.78 is 1.58. The predicted molar refractivity (Wildman–Crippen MR) is 108 cm³/mol. The van der Waals surface area contributed by atoms with Crippen molar-refractivity contribution in [2.45, 2.75) is 38.0 Å². The number of aliphatic hydroxyl groups is 1. The quantitative estimate of drug-likeness (QED) is 0.592. The molecule has 1 atom stereocenters. The summed E-state index contributed by atoms with van der Waals surface area (Å²) in [6.45, 7) is 1.81. The number of halogens is 1. The van der Waals surface area contributed by atoms with Crippen LogP contribution < -0.4 is 16.6 Å². The van der Waals surface area contributed by atoms with E-state index in [-0.39, 0.29) is 28.8 Å². The molecule has 29 heavy (non-hydrogen) atoms. The van der Waals surface area contributed by atoms with Gasteiger partial charge in [-0.05, 0) is 31.9 Å². The third-order valence-corrected chi connectivity index (χ3v) is 5.40. The molecule has 4 N–H and O–H groups in total. The first kappa shape index (κ1) is 19.1. The van der Waals surface area contributed by atoms with E-state index in [1.807, 2.05) is 13.0 Å². The molecule has 0 radical (unpaired) electrons. The SMILES string of the molecule is C[C@H](Nc1ncnc(N)c1C#N)c1nc2cccc(Cl)c2c(=O)n1C1CC(O)C1. The number of nitrogens with two attached hydrogens (primary N) is 1. The number of hydrogen-bond donors (Lipinski definition) is 3. The zero-order valence-corrected chi connectivity index (χ0v) is 16.3. The molecule has 148 valence electrons. The highest BCUT2D eigenvalue weighted by molar-refractivity contribution is 6.35. The molecule has 0 spiro atoms. The van der Waals surface area contributed by atoms with Crippen molar-refractivity contribution in [3.8, 4) is 6.07 Å². The number of fused-ring (bicyclic) bond motifs is 1. The molecule has 3 aromatic rings. The number of nitrogen functional groups attached to an aromatic ring is 1. The van der Waals surface area contributed by atoms with Crippen LogP contribution in [0.2, 0.25) is 5.02 Å². The Kier molecular flexibility index (Phi) is 4.82. The van der Waals surface area contributed by atoms with Crippen LogP contribution in [-0.4, -0.2) is 30.7 Å². The van der Waals surface area contributed by atoms with E-state index in [0.29, 0.717) is 34.6 Å². The minimum Gasteiger partial charge on any atom is -0.393 e. The smallest absolute Gasteiger partial charge is 0.263 e. The van der Waals surface area contributed by atoms with Crippen LogP contribution >= 0.6 is 11.6 Å². The first-order valence-corrected chi connectivity index (χ1v) is 9.44. The number of nitrogens with zero attached hydrogens (tertiary/aromatic N) is 5. The maximum Gasteiger partial charge on any atom is 0.263 e. The first-order valence-electron chi connectivity index (χ1n) is 9.06. The zero-order valence-electron chi connectivity index (χ0n) is 15.5. The fourth-order valence-corrected chi connectivity index (χ4v) is 3.79. The summed E-state index contributed by atoms with van der Waals surface area (Å²) in [5.74, 6) is 0.783. The summed E-state index contributed by atoms with van der Waals surface area (Å²) in [6.07, 6.45) is 1.73. The van der Waals surface area contributed by atoms with Gasteiger partial charge in [0.05, 0.1) is 28.1 Å². The van der Waals surface area contributed by atoms with Crippen molar-refractivity contribution in [3.05, 3.63) is 51.3 Å². The molecule has 1 aliphatic rings. The van der Waals surface area contributed by atoms with Gasteiger partial charge in [-0.3, -0.25) is 9.36 Å². The second-order valence-electron chi connectivity index (χ2n) is 7.02. The Morgan fingerprint density at radius 2 is 2.17 bits per heavy atom. The summed E-state index contributed by atoms with van der Waals surface area (Å²) in [5.41, 5.74) is 6.10. The van der Waals surface area contributed by atoms with Gasteiger partial charge in [-0.2, -0.15) is 5.26 Å². The standard InChI is InChI=1S/C19H18ClN7O2/c1-9(25-17-12(7-21)16(22)23-8-24-17)18-26-14-4-2-3-13(20)15(14)19(29)27(18)10-5-11(28)6-10/h2-4,8-11,28H,5-6H2,1H3,(H3,22,23,24,25)/t9-,10?,11?/m0/s1. The maximum absolute atomic E-state index is 13.3. The van der Waals surface area contributed by atoms with E-state index in [4.69, 9.17) is 17.3 Å². The highest BCUT2D eigenvalue weighted by Gasteiger charge is 2.33. The van der Waals surface area contributed by atoms with Crippen molar-refractivity contribution in [2.24, 2.45) is 0 Å². The second-order valence-corrected chi connectivity index (χ2v) is 7.43. The van der Waals surface area contributed by atoms with Crippen molar-refractivity contribution >= 4 is 34.1 Å². The number of nitrogens with one attached hydrogen (secondary N) is 1. The lowest BCUT2D eigenvalue weighted by atomic mass is 9.89. The Labute approximate surface area is 170 Å².